The van der Waals surface area contributed by atoms with Crippen molar-refractivity contribution in [3.63, 3.8) is 0 Å². The van der Waals surface area contributed by atoms with Crippen molar-refractivity contribution in [1.82, 2.24) is 0 Å². The minimum atomic E-state index is -0.742. The second kappa shape index (κ2) is 4.50. The fourth-order valence-corrected chi connectivity index (χ4v) is 2.43. The molecule has 1 unspecified atom stereocenters. The number of ketones is 1. The summed E-state index contributed by atoms with van der Waals surface area (Å²) in [4.78, 5) is 12.1. The molecule has 0 bridgehead atoms. The Hall–Kier alpha value is -0.740. The lowest BCUT2D eigenvalue weighted by molar-refractivity contribution is -0.123. The molecule has 0 amide bonds. The number of carbonyl (C=O) groups is 1. The van der Waals surface area contributed by atoms with Crippen LogP contribution in [0.15, 0.2) is 22.7 Å². The number of Topliss-reactive ketones (excluding diaryl/α,β-unsaturated/α-hetero) is 1. The number of carbonyl (C=O) groups excluding carboxylic acids is 1. The van der Waals surface area contributed by atoms with Crippen molar-refractivity contribution in [2.45, 2.75) is 31.7 Å². The molecule has 0 saturated heterocycles. The fourth-order valence-electron chi connectivity index (χ4n) is 1.94. The number of hydrogen-bond acceptors (Lipinski definition) is 2. The summed E-state index contributed by atoms with van der Waals surface area (Å²) < 4.78 is 13.5. The Labute approximate surface area is 109 Å². The highest BCUT2D eigenvalue weighted by Gasteiger charge is 2.43. The van der Waals surface area contributed by atoms with E-state index in [4.69, 9.17) is 5.73 Å². The first-order chi connectivity index (χ1) is 7.91. The molecule has 0 aromatic heterocycles. The molecule has 1 aromatic rings. The summed E-state index contributed by atoms with van der Waals surface area (Å²) in [5.41, 5.74) is 6.10. The summed E-state index contributed by atoms with van der Waals surface area (Å²) in [6.45, 7) is 1.80. The normalized spacial score (nSPS) is 18.8. The summed E-state index contributed by atoms with van der Waals surface area (Å²) >= 11 is 3.26. The van der Waals surface area contributed by atoms with E-state index in [0.717, 1.165) is 18.4 Å². The zero-order chi connectivity index (χ0) is 12.6. The van der Waals surface area contributed by atoms with Gasteiger partial charge in [-0.25, -0.2) is 4.39 Å². The molecule has 0 radical (unpaired) electrons. The van der Waals surface area contributed by atoms with Gasteiger partial charge in [0.05, 0.1) is 5.54 Å². The average molecular weight is 300 g/mol. The minimum Gasteiger partial charge on any atom is -0.319 e. The van der Waals surface area contributed by atoms with Crippen molar-refractivity contribution in [2.24, 2.45) is 11.7 Å². The molecule has 4 heteroatoms. The Balaban J connectivity index is 2.12. The molecule has 1 aliphatic rings. The number of nitrogens with two attached hydrogens (primary N) is 1. The van der Waals surface area contributed by atoms with Gasteiger partial charge in [0.2, 0.25) is 0 Å². The van der Waals surface area contributed by atoms with Gasteiger partial charge in [0, 0.05) is 10.9 Å². The highest BCUT2D eigenvalue weighted by atomic mass is 79.9. The maximum atomic E-state index is 12.9. The highest BCUT2D eigenvalue weighted by molar-refractivity contribution is 9.10. The maximum absolute atomic E-state index is 12.9. The van der Waals surface area contributed by atoms with Crippen LogP contribution in [0, 0.1) is 11.7 Å². The third-order valence-corrected chi connectivity index (χ3v) is 4.13. The van der Waals surface area contributed by atoms with E-state index >= 15 is 0 Å². The Morgan fingerprint density at radius 2 is 2.24 bits per heavy atom. The molecular weight excluding hydrogens is 285 g/mol. The Kier molecular flexibility index (Phi) is 3.36. The lowest BCUT2D eigenvalue weighted by Crippen LogP contribution is -2.47. The maximum Gasteiger partial charge on any atom is 0.157 e. The van der Waals surface area contributed by atoms with Crippen molar-refractivity contribution in [1.29, 1.82) is 0 Å². The molecule has 1 fully saturated rings. The molecule has 1 aromatic carbocycles. The SMILES string of the molecule is CC(N)(C(=O)Cc1ccc(F)cc1Br)C1CC1. The summed E-state index contributed by atoms with van der Waals surface area (Å²) in [5, 5.41) is 0. The third kappa shape index (κ3) is 2.75. The summed E-state index contributed by atoms with van der Waals surface area (Å²) in [6, 6.07) is 4.35. The minimum absolute atomic E-state index is 0.0207. The van der Waals surface area contributed by atoms with E-state index in [1.54, 1.807) is 13.0 Å². The van der Waals surface area contributed by atoms with E-state index in [-0.39, 0.29) is 18.0 Å². The topological polar surface area (TPSA) is 43.1 Å². The van der Waals surface area contributed by atoms with Gasteiger partial charge in [-0.15, -0.1) is 0 Å². The Morgan fingerprint density at radius 3 is 2.76 bits per heavy atom. The molecule has 0 aliphatic heterocycles. The number of rotatable bonds is 4. The van der Waals surface area contributed by atoms with Crippen LogP contribution < -0.4 is 5.73 Å². The number of benzene rings is 1. The second-order valence-corrected chi connectivity index (χ2v) is 5.75. The molecule has 1 aliphatic carbocycles. The van der Waals surface area contributed by atoms with E-state index < -0.39 is 5.54 Å². The molecule has 0 spiro atoms. The number of hydrogen-bond donors (Lipinski definition) is 1. The molecule has 92 valence electrons. The summed E-state index contributed by atoms with van der Waals surface area (Å²) in [5.74, 6) is 0.0207. The van der Waals surface area contributed by atoms with E-state index in [1.807, 2.05) is 0 Å². The monoisotopic (exact) mass is 299 g/mol. The van der Waals surface area contributed by atoms with Crippen LogP contribution in [-0.2, 0) is 11.2 Å². The summed E-state index contributed by atoms with van der Waals surface area (Å²) in [7, 11) is 0. The van der Waals surface area contributed by atoms with Crippen LogP contribution in [0.1, 0.15) is 25.3 Å². The fraction of sp³-hybridized carbons (Fsp3) is 0.462. The van der Waals surface area contributed by atoms with Gasteiger partial charge < -0.3 is 5.73 Å². The van der Waals surface area contributed by atoms with Crippen LogP contribution in [0.2, 0.25) is 0 Å². The molecule has 1 saturated carbocycles. The Morgan fingerprint density at radius 1 is 1.59 bits per heavy atom. The van der Waals surface area contributed by atoms with Crippen LogP contribution in [0.25, 0.3) is 0 Å². The van der Waals surface area contributed by atoms with Gasteiger partial charge in [0.25, 0.3) is 0 Å². The van der Waals surface area contributed by atoms with Gasteiger partial charge >= 0.3 is 0 Å². The molecule has 1 atom stereocenters. The smallest absolute Gasteiger partial charge is 0.157 e. The van der Waals surface area contributed by atoms with Crippen LogP contribution in [0.3, 0.4) is 0 Å². The standard InChI is InChI=1S/C13H15BrFNO/c1-13(16,9-3-4-9)12(17)6-8-2-5-10(15)7-11(8)14/h2,5,7,9H,3-4,6,16H2,1H3. The molecular formula is C13H15BrFNO. The zero-order valence-electron chi connectivity index (χ0n) is 9.67. The van der Waals surface area contributed by atoms with Gasteiger partial charge in [-0.1, -0.05) is 22.0 Å². The first-order valence-corrected chi connectivity index (χ1v) is 6.46. The van der Waals surface area contributed by atoms with E-state index in [1.165, 1.54) is 12.1 Å². The summed E-state index contributed by atoms with van der Waals surface area (Å²) in [6.07, 6.45) is 2.32. The van der Waals surface area contributed by atoms with Crippen LogP contribution >= 0.6 is 15.9 Å². The van der Waals surface area contributed by atoms with Gasteiger partial charge in [-0.3, -0.25) is 4.79 Å². The van der Waals surface area contributed by atoms with Gasteiger partial charge in [-0.05, 0) is 43.4 Å². The largest absolute Gasteiger partial charge is 0.319 e. The van der Waals surface area contributed by atoms with Crippen molar-refractivity contribution in [3.05, 3.63) is 34.1 Å². The van der Waals surface area contributed by atoms with Crippen LogP contribution in [-0.4, -0.2) is 11.3 Å². The van der Waals surface area contributed by atoms with Crippen LogP contribution in [0.4, 0.5) is 4.39 Å². The molecule has 2 nitrogen and oxygen atoms in total. The van der Waals surface area contributed by atoms with E-state index in [9.17, 15) is 9.18 Å². The average Bonchev–Trinajstić information content (AvgIpc) is 3.05. The second-order valence-electron chi connectivity index (χ2n) is 4.89. The molecule has 17 heavy (non-hydrogen) atoms. The molecule has 0 heterocycles. The van der Waals surface area contributed by atoms with Gasteiger partial charge in [-0.2, -0.15) is 0 Å². The first-order valence-electron chi connectivity index (χ1n) is 5.67. The van der Waals surface area contributed by atoms with Crippen molar-refractivity contribution in [3.8, 4) is 0 Å². The van der Waals surface area contributed by atoms with Crippen LogP contribution in [0.5, 0.6) is 0 Å². The van der Waals surface area contributed by atoms with Crippen molar-refractivity contribution >= 4 is 21.7 Å². The first kappa shape index (κ1) is 12.7. The lowest BCUT2D eigenvalue weighted by atomic mass is 9.88. The number of halogens is 2. The highest BCUT2D eigenvalue weighted by Crippen LogP contribution is 2.39. The lowest BCUT2D eigenvalue weighted by Gasteiger charge is -2.22. The predicted molar refractivity (Wildman–Crippen MR) is 68.1 cm³/mol. The quantitative estimate of drug-likeness (QED) is 0.929. The van der Waals surface area contributed by atoms with E-state index in [0.29, 0.717) is 10.4 Å². The van der Waals surface area contributed by atoms with E-state index in [2.05, 4.69) is 15.9 Å². The molecule has 2 rings (SSSR count). The molecule has 2 N–H and O–H groups in total. The van der Waals surface area contributed by atoms with Crippen molar-refractivity contribution < 1.29 is 9.18 Å². The third-order valence-electron chi connectivity index (χ3n) is 3.39. The van der Waals surface area contributed by atoms with Crippen molar-refractivity contribution in [2.75, 3.05) is 0 Å². The van der Waals surface area contributed by atoms with Gasteiger partial charge in [0.15, 0.2) is 5.78 Å². The Bertz CT molecular complexity index is 455. The van der Waals surface area contributed by atoms with Gasteiger partial charge in [0.1, 0.15) is 5.82 Å². The predicted octanol–water partition coefficient (Wildman–Crippen LogP) is 2.83. The zero-order valence-corrected chi connectivity index (χ0v) is 11.3.